The molecule has 7 heteroatoms. The maximum Gasteiger partial charge on any atom is 0.266 e. The number of aromatic nitrogens is 1. The molecule has 0 aliphatic carbocycles. The molecule has 150 valence electrons. The highest BCUT2D eigenvalue weighted by Gasteiger charge is 2.60. The van der Waals surface area contributed by atoms with Crippen LogP contribution in [-0.4, -0.2) is 22.9 Å². The van der Waals surface area contributed by atoms with E-state index in [-0.39, 0.29) is 5.91 Å². The first-order chi connectivity index (χ1) is 14.6. The summed E-state index contributed by atoms with van der Waals surface area (Å²) in [5, 5.41) is 1.63. The Morgan fingerprint density at radius 3 is 2.37 bits per heavy atom. The van der Waals surface area contributed by atoms with E-state index in [1.54, 1.807) is 17.3 Å². The van der Waals surface area contributed by atoms with E-state index >= 15 is 0 Å². The Morgan fingerprint density at radius 2 is 1.67 bits per heavy atom. The van der Waals surface area contributed by atoms with Crippen molar-refractivity contribution in [1.29, 1.82) is 0 Å². The third-order valence-electron chi connectivity index (χ3n) is 5.54. The van der Waals surface area contributed by atoms with E-state index in [2.05, 4.69) is 4.98 Å². The third-order valence-corrected chi connectivity index (χ3v) is 5.54. The summed E-state index contributed by atoms with van der Waals surface area (Å²) in [5.74, 6) is -2.06. The number of amides is 2. The number of nitrogens with zero attached hydrogens (tertiary/aromatic N) is 3. The van der Waals surface area contributed by atoms with Gasteiger partial charge >= 0.3 is 0 Å². The average molecular weight is 403 g/mol. The molecule has 6 nitrogen and oxygen atoms in total. The number of halogens is 1. The van der Waals surface area contributed by atoms with Crippen molar-refractivity contribution in [3.63, 3.8) is 0 Å². The highest BCUT2D eigenvalue weighted by atomic mass is 19.1. The molecule has 0 unspecified atom stereocenters. The van der Waals surface area contributed by atoms with Crippen molar-refractivity contribution < 1.29 is 18.8 Å². The summed E-state index contributed by atoms with van der Waals surface area (Å²) in [6.45, 7) is 1.94. The van der Waals surface area contributed by atoms with Crippen LogP contribution in [0.3, 0.4) is 0 Å². The van der Waals surface area contributed by atoms with Crippen LogP contribution in [0.2, 0.25) is 0 Å². The van der Waals surface area contributed by atoms with Crippen molar-refractivity contribution in [2.75, 3.05) is 9.96 Å². The van der Waals surface area contributed by atoms with Crippen LogP contribution in [-0.2, 0) is 14.4 Å². The number of hydroxylamine groups is 1. The number of aryl methyl sites for hydroxylation is 1. The molecule has 2 amide bonds. The van der Waals surface area contributed by atoms with Gasteiger partial charge in [0, 0.05) is 6.20 Å². The first kappa shape index (κ1) is 18.4. The standard InChI is InChI=1S/C23H18FN3O3/c1-14-6-2-3-8-18(14)27-20(17-7-4-5-13-25-17)19-21(30-27)23(29)26(22(19)28)16-11-9-15(24)10-12-16/h2-13,19-21H,1H3/t19-,20-,21+/m1/s1. The molecule has 2 aliphatic rings. The fraction of sp³-hybridized carbons (Fsp3) is 0.174. The molecule has 0 N–H and O–H groups in total. The van der Waals surface area contributed by atoms with Gasteiger partial charge in [-0.15, -0.1) is 0 Å². The molecule has 2 aliphatic heterocycles. The van der Waals surface area contributed by atoms with E-state index in [1.165, 1.54) is 24.3 Å². The van der Waals surface area contributed by atoms with Crippen LogP contribution < -0.4 is 9.96 Å². The van der Waals surface area contributed by atoms with Crippen LogP contribution in [0.5, 0.6) is 0 Å². The van der Waals surface area contributed by atoms with E-state index in [1.807, 2.05) is 43.3 Å². The maximum atomic E-state index is 13.4. The number of fused-ring (bicyclic) bond motifs is 1. The first-order valence-electron chi connectivity index (χ1n) is 9.62. The van der Waals surface area contributed by atoms with Crippen LogP contribution in [0.1, 0.15) is 17.3 Å². The highest BCUT2D eigenvalue weighted by molar-refractivity contribution is 6.23. The lowest BCUT2D eigenvalue weighted by molar-refractivity contribution is -0.126. The number of hydrogen-bond acceptors (Lipinski definition) is 5. The molecule has 3 atom stereocenters. The van der Waals surface area contributed by atoms with Crippen LogP contribution in [0.4, 0.5) is 15.8 Å². The van der Waals surface area contributed by atoms with E-state index < -0.39 is 29.8 Å². The average Bonchev–Trinajstić information content (AvgIpc) is 3.26. The second kappa shape index (κ2) is 7.03. The maximum absolute atomic E-state index is 13.4. The van der Waals surface area contributed by atoms with Crippen molar-refractivity contribution in [2.24, 2.45) is 5.92 Å². The van der Waals surface area contributed by atoms with Gasteiger partial charge in [-0.3, -0.25) is 19.4 Å². The van der Waals surface area contributed by atoms with Crippen molar-refractivity contribution in [2.45, 2.75) is 19.1 Å². The largest absolute Gasteiger partial charge is 0.273 e. The number of rotatable bonds is 3. The van der Waals surface area contributed by atoms with Crippen molar-refractivity contribution in [1.82, 2.24) is 4.98 Å². The van der Waals surface area contributed by atoms with Crippen molar-refractivity contribution in [3.05, 3.63) is 90.0 Å². The van der Waals surface area contributed by atoms with E-state index in [9.17, 15) is 14.0 Å². The Morgan fingerprint density at radius 1 is 0.933 bits per heavy atom. The topological polar surface area (TPSA) is 62.7 Å². The number of benzene rings is 2. The lowest BCUT2D eigenvalue weighted by Crippen LogP contribution is -2.37. The number of hydrogen-bond donors (Lipinski definition) is 0. The number of carbonyl (C=O) groups excluding carboxylic acids is 2. The molecular formula is C23H18FN3O3. The monoisotopic (exact) mass is 403 g/mol. The zero-order chi connectivity index (χ0) is 20.8. The van der Waals surface area contributed by atoms with Crippen LogP contribution >= 0.6 is 0 Å². The molecule has 0 bridgehead atoms. The van der Waals surface area contributed by atoms with E-state index in [0.717, 1.165) is 16.2 Å². The summed E-state index contributed by atoms with van der Waals surface area (Å²) in [6.07, 6.45) is 0.673. The Labute approximate surface area is 172 Å². The molecule has 5 rings (SSSR count). The summed E-state index contributed by atoms with van der Waals surface area (Å²) in [6, 6.07) is 17.8. The van der Waals surface area contributed by atoms with Gasteiger partial charge in [0.1, 0.15) is 17.8 Å². The quantitative estimate of drug-likeness (QED) is 0.626. The smallest absolute Gasteiger partial charge is 0.266 e. The Hall–Kier alpha value is -3.58. The van der Waals surface area contributed by atoms with Gasteiger partial charge in [0.25, 0.3) is 5.91 Å². The molecular weight excluding hydrogens is 385 g/mol. The summed E-state index contributed by atoms with van der Waals surface area (Å²) in [4.78, 5) is 38.2. The number of pyridine rings is 1. The SMILES string of the molecule is Cc1ccccc1N1O[C@@H]2C(=O)N(c3ccc(F)cc3)C(=O)[C@@H]2[C@H]1c1ccccn1. The molecule has 1 aromatic heterocycles. The fourth-order valence-corrected chi connectivity index (χ4v) is 4.13. The number of anilines is 2. The van der Waals surface area contributed by atoms with Gasteiger partial charge in [0.15, 0.2) is 6.10 Å². The van der Waals surface area contributed by atoms with Gasteiger partial charge in [0.2, 0.25) is 5.91 Å². The molecule has 2 aromatic carbocycles. The second-order valence-electron chi connectivity index (χ2n) is 7.35. The summed E-state index contributed by atoms with van der Waals surface area (Å²) in [5.41, 5.74) is 2.69. The second-order valence-corrected chi connectivity index (χ2v) is 7.35. The summed E-state index contributed by atoms with van der Waals surface area (Å²) < 4.78 is 13.3. The van der Waals surface area contributed by atoms with Crippen molar-refractivity contribution >= 4 is 23.2 Å². The van der Waals surface area contributed by atoms with Crippen LogP contribution in [0.15, 0.2) is 72.9 Å². The predicted molar refractivity (Wildman–Crippen MR) is 108 cm³/mol. The van der Waals surface area contributed by atoms with Gasteiger partial charge in [-0.2, -0.15) is 0 Å². The Bertz CT molecular complexity index is 1120. The van der Waals surface area contributed by atoms with E-state index in [4.69, 9.17) is 4.84 Å². The normalized spacial score (nSPS) is 23.2. The fourth-order valence-electron chi connectivity index (χ4n) is 4.13. The lowest BCUT2D eigenvalue weighted by atomic mass is 9.93. The zero-order valence-electron chi connectivity index (χ0n) is 16.1. The molecule has 0 radical (unpaired) electrons. The van der Waals surface area contributed by atoms with Crippen LogP contribution in [0, 0.1) is 18.7 Å². The number of imide groups is 1. The summed E-state index contributed by atoms with van der Waals surface area (Å²) >= 11 is 0. The van der Waals surface area contributed by atoms with Gasteiger partial charge in [-0.1, -0.05) is 24.3 Å². The number of para-hydroxylation sites is 1. The van der Waals surface area contributed by atoms with Gasteiger partial charge in [-0.05, 0) is 55.0 Å². The van der Waals surface area contributed by atoms with Crippen molar-refractivity contribution in [3.8, 4) is 0 Å². The molecule has 2 saturated heterocycles. The predicted octanol–water partition coefficient (Wildman–Crippen LogP) is 3.58. The van der Waals surface area contributed by atoms with Gasteiger partial charge in [-0.25, -0.2) is 14.4 Å². The molecule has 2 fully saturated rings. The minimum Gasteiger partial charge on any atom is -0.273 e. The number of carbonyl (C=O) groups is 2. The summed E-state index contributed by atoms with van der Waals surface area (Å²) in [7, 11) is 0. The first-order valence-corrected chi connectivity index (χ1v) is 9.62. The molecule has 30 heavy (non-hydrogen) atoms. The third kappa shape index (κ3) is 2.78. The zero-order valence-corrected chi connectivity index (χ0v) is 16.1. The highest BCUT2D eigenvalue weighted by Crippen LogP contribution is 2.47. The molecule has 3 aromatic rings. The van der Waals surface area contributed by atoms with Gasteiger partial charge in [0.05, 0.1) is 17.1 Å². The molecule has 3 heterocycles. The van der Waals surface area contributed by atoms with Gasteiger partial charge < -0.3 is 0 Å². The molecule has 0 saturated carbocycles. The van der Waals surface area contributed by atoms with E-state index in [0.29, 0.717) is 11.4 Å². The Balaban J connectivity index is 1.59. The minimum absolute atomic E-state index is 0.326. The Kier molecular flexibility index (Phi) is 4.33. The molecule has 0 spiro atoms. The lowest BCUT2D eigenvalue weighted by Gasteiger charge is -2.29. The minimum atomic E-state index is -0.978. The van der Waals surface area contributed by atoms with Crippen LogP contribution in [0.25, 0.3) is 0 Å².